The fraction of sp³-hybridized carbons (Fsp3) is 0.455. The van der Waals surface area contributed by atoms with Gasteiger partial charge in [-0.05, 0) is 31.2 Å². The van der Waals surface area contributed by atoms with Gasteiger partial charge in [0, 0.05) is 12.0 Å². The molecule has 3 unspecified atom stereocenters. The lowest BCUT2D eigenvalue weighted by molar-refractivity contribution is 0.444. The zero-order valence-electron chi connectivity index (χ0n) is 8.70. The second kappa shape index (κ2) is 4.26. The number of hydrazine groups is 1. The number of hydrogen-bond acceptors (Lipinski definition) is 3. The number of halogens is 1. The molecular weight excluding hydrogens is 193 g/mol. The van der Waals surface area contributed by atoms with Crippen LogP contribution in [0.1, 0.15) is 18.5 Å². The molecule has 0 amide bonds. The molecule has 4 heteroatoms. The van der Waals surface area contributed by atoms with Crippen molar-refractivity contribution in [2.75, 3.05) is 6.54 Å². The maximum absolute atomic E-state index is 12.8. The summed E-state index contributed by atoms with van der Waals surface area (Å²) in [5.74, 6) is 0.137. The highest BCUT2D eigenvalue weighted by Gasteiger charge is 2.32. The van der Waals surface area contributed by atoms with E-state index in [1.165, 1.54) is 12.1 Å². The van der Waals surface area contributed by atoms with E-state index >= 15 is 0 Å². The van der Waals surface area contributed by atoms with E-state index in [9.17, 15) is 4.39 Å². The van der Waals surface area contributed by atoms with Crippen LogP contribution in [0.2, 0.25) is 0 Å². The van der Waals surface area contributed by atoms with E-state index in [4.69, 9.17) is 5.73 Å². The molecule has 3 atom stereocenters. The molecule has 0 spiro atoms. The van der Waals surface area contributed by atoms with Crippen LogP contribution in [-0.2, 0) is 0 Å². The van der Waals surface area contributed by atoms with Gasteiger partial charge in [-0.2, -0.15) is 0 Å². The first-order valence-electron chi connectivity index (χ1n) is 5.19. The summed E-state index contributed by atoms with van der Waals surface area (Å²) in [6, 6.07) is 7.07. The molecule has 1 aromatic carbocycles. The van der Waals surface area contributed by atoms with Crippen molar-refractivity contribution in [1.82, 2.24) is 10.9 Å². The second-order valence-corrected chi connectivity index (χ2v) is 4.01. The zero-order chi connectivity index (χ0) is 10.8. The Morgan fingerprint density at radius 2 is 1.93 bits per heavy atom. The summed E-state index contributed by atoms with van der Waals surface area (Å²) in [6.07, 6.45) is 0. The molecule has 0 bridgehead atoms. The van der Waals surface area contributed by atoms with E-state index < -0.39 is 0 Å². The van der Waals surface area contributed by atoms with Gasteiger partial charge in [0.25, 0.3) is 0 Å². The normalized spacial score (nSPS) is 30.7. The van der Waals surface area contributed by atoms with E-state index in [0.29, 0.717) is 18.5 Å². The molecule has 1 heterocycles. The van der Waals surface area contributed by atoms with Crippen molar-refractivity contribution in [3.8, 4) is 0 Å². The van der Waals surface area contributed by atoms with Gasteiger partial charge in [0.1, 0.15) is 5.82 Å². The first-order chi connectivity index (χ1) is 7.22. The van der Waals surface area contributed by atoms with Crippen LogP contribution in [0.3, 0.4) is 0 Å². The Balaban J connectivity index is 2.20. The Hall–Kier alpha value is -0.970. The fourth-order valence-corrected chi connectivity index (χ4v) is 2.06. The number of rotatable bonds is 2. The van der Waals surface area contributed by atoms with E-state index in [0.717, 1.165) is 5.56 Å². The van der Waals surface area contributed by atoms with E-state index in [-0.39, 0.29) is 11.9 Å². The standard InChI is InChI=1S/C11H16FN3/c1-7-10(6-13)11(15-14-7)8-2-4-9(12)5-3-8/h2-5,7,10-11,14-15H,6,13H2,1H3. The molecule has 0 saturated carbocycles. The van der Waals surface area contributed by atoms with E-state index in [1.54, 1.807) is 12.1 Å². The van der Waals surface area contributed by atoms with Gasteiger partial charge >= 0.3 is 0 Å². The molecule has 15 heavy (non-hydrogen) atoms. The van der Waals surface area contributed by atoms with Crippen LogP contribution >= 0.6 is 0 Å². The summed E-state index contributed by atoms with van der Waals surface area (Å²) >= 11 is 0. The van der Waals surface area contributed by atoms with Gasteiger partial charge in [0.05, 0.1) is 6.04 Å². The van der Waals surface area contributed by atoms with Gasteiger partial charge in [0.2, 0.25) is 0 Å². The average Bonchev–Trinajstić information content (AvgIpc) is 2.61. The molecule has 2 rings (SSSR count). The van der Waals surface area contributed by atoms with Crippen LogP contribution in [0.25, 0.3) is 0 Å². The maximum Gasteiger partial charge on any atom is 0.123 e. The van der Waals surface area contributed by atoms with Gasteiger partial charge < -0.3 is 5.73 Å². The Morgan fingerprint density at radius 1 is 1.27 bits per heavy atom. The van der Waals surface area contributed by atoms with Crippen LogP contribution in [0.5, 0.6) is 0 Å². The minimum Gasteiger partial charge on any atom is -0.330 e. The maximum atomic E-state index is 12.8. The third-order valence-corrected chi connectivity index (χ3v) is 3.04. The highest BCUT2D eigenvalue weighted by Crippen LogP contribution is 2.27. The monoisotopic (exact) mass is 209 g/mol. The summed E-state index contributed by atoms with van der Waals surface area (Å²) < 4.78 is 12.8. The SMILES string of the molecule is CC1NNC(c2ccc(F)cc2)C1CN. The van der Waals surface area contributed by atoms with Crippen molar-refractivity contribution >= 4 is 0 Å². The van der Waals surface area contributed by atoms with Gasteiger partial charge in [0.15, 0.2) is 0 Å². The Morgan fingerprint density at radius 3 is 2.53 bits per heavy atom. The smallest absolute Gasteiger partial charge is 0.123 e. The quantitative estimate of drug-likeness (QED) is 0.679. The molecule has 0 aromatic heterocycles. The summed E-state index contributed by atoms with van der Waals surface area (Å²) in [5.41, 5.74) is 13.2. The third kappa shape index (κ3) is 2.02. The van der Waals surface area contributed by atoms with Crippen molar-refractivity contribution < 1.29 is 4.39 Å². The summed E-state index contributed by atoms with van der Waals surface area (Å²) in [6.45, 7) is 2.71. The topological polar surface area (TPSA) is 50.1 Å². The summed E-state index contributed by atoms with van der Waals surface area (Å²) in [4.78, 5) is 0. The minimum absolute atomic E-state index is 0.172. The second-order valence-electron chi connectivity index (χ2n) is 4.01. The lowest BCUT2D eigenvalue weighted by Crippen LogP contribution is -2.30. The minimum atomic E-state index is -0.206. The summed E-state index contributed by atoms with van der Waals surface area (Å²) in [7, 11) is 0. The van der Waals surface area contributed by atoms with Crippen molar-refractivity contribution in [1.29, 1.82) is 0 Å². The molecule has 1 saturated heterocycles. The highest BCUT2D eigenvalue weighted by molar-refractivity contribution is 5.22. The largest absolute Gasteiger partial charge is 0.330 e. The molecule has 3 nitrogen and oxygen atoms in total. The van der Waals surface area contributed by atoms with Crippen LogP contribution in [-0.4, -0.2) is 12.6 Å². The Labute approximate surface area is 88.8 Å². The first kappa shape index (κ1) is 10.5. The molecule has 1 fully saturated rings. The van der Waals surface area contributed by atoms with Crippen molar-refractivity contribution in [3.63, 3.8) is 0 Å². The van der Waals surface area contributed by atoms with Crippen LogP contribution in [0, 0.1) is 11.7 Å². The zero-order valence-corrected chi connectivity index (χ0v) is 8.70. The molecule has 0 aliphatic carbocycles. The van der Waals surface area contributed by atoms with Gasteiger partial charge in [-0.3, -0.25) is 5.43 Å². The third-order valence-electron chi connectivity index (χ3n) is 3.04. The van der Waals surface area contributed by atoms with Crippen LogP contribution < -0.4 is 16.6 Å². The fourth-order valence-electron chi connectivity index (χ4n) is 2.06. The molecule has 1 aromatic rings. The van der Waals surface area contributed by atoms with Crippen LogP contribution in [0.15, 0.2) is 24.3 Å². The van der Waals surface area contributed by atoms with Crippen molar-refractivity contribution in [2.24, 2.45) is 11.7 Å². The van der Waals surface area contributed by atoms with Gasteiger partial charge in [-0.1, -0.05) is 12.1 Å². The number of nitrogens with one attached hydrogen (secondary N) is 2. The molecule has 4 N–H and O–H groups in total. The molecule has 0 radical (unpaired) electrons. The first-order valence-corrected chi connectivity index (χ1v) is 5.19. The van der Waals surface area contributed by atoms with E-state index in [2.05, 4.69) is 17.8 Å². The van der Waals surface area contributed by atoms with Crippen molar-refractivity contribution in [2.45, 2.75) is 19.0 Å². The molecule has 1 aliphatic heterocycles. The Kier molecular flexibility index (Phi) is 3.00. The van der Waals surface area contributed by atoms with Gasteiger partial charge in [-0.25, -0.2) is 9.82 Å². The average molecular weight is 209 g/mol. The predicted molar refractivity (Wildman–Crippen MR) is 57.4 cm³/mol. The lowest BCUT2D eigenvalue weighted by Gasteiger charge is -2.19. The number of hydrogen-bond donors (Lipinski definition) is 3. The lowest BCUT2D eigenvalue weighted by atomic mass is 9.90. The van der Waals surface area contributed by atoms with E-state index in [1.807, 2.05) is 0 Å². The molecule has 1 aliphatic rings. The number of benzene rings is 1. The van der Waals surface area contributed by atoms with Crippen molar-refractivity contribution in [3.05, 3.63) is 35.6 Å². The Bertz CT molecular complexity index is 325. The number of nitrogens with two attached hydrogens (primary N) is 1. The van der Waals surface area contributed by atoms with Gasteiger partial charge in [-0.15, -0.1) is 0 Å². The highest BCUT2D eigenvalue weighted by atomic mass is 19.1. The molecule has 82 valence electrons. The molecular formula is C11H16FN3. The van der Waals surface area contributed by atoms with Crippen LogP contribution in [0.4, 0.5) is 4.39 Å². The predicted octanol–water partition coefficient (Wildman–Crippen LogP) is 0.938. The summed E-state index contributed by atoms with van der Waals surface area (Å²) in [5, 5.41) is 0.